The maximum absolute atomic E-state index is 11.8. The van der Waals surface area contributed by atoms with E-state index >= 15 is 0 Å². The average Bonchev–Trinajstić information content (AvgIpc) is 2.36. The number of sulfonamides is 1. The molecule has 0 saturated heterocycles. The summed E-state index contributed by atoms with van der Waals surface area (Å²) in [6, 6.07) is 4.92. The molecule has 1 heterocycles. The van der Waals surface area contributed by atoms with Gasteiger partial charge in [-0.2, -0.15) is 8.42 Å². The van der Waals surface area contributed by atoms with Crippen molar-refractivity contribution in [3.05, 3.63) is 23.8 Å². The van der Waals surface area contributed by atoms with Crippen LogP contribution in [-0.4, -0.2) is 36.7 Å². The van der Waals surface area contributed by atoms with Crippen molar-refractivity contribution in [2.75, 3.05) is 28.9 Å². The van der Waals surface area contributed by atoms with Gasteiger partial charge >= 0.3 is 0 Å². The van der Waals surface area contributed by atoms with Crippen molar-refractivity contribution in [3.8, 4) is 0 Å². The maximum Gasteiger partial charge on any atom is 0.298 e. The molecule has 9 heteroatoms. The molecule has 0 atom stereocenters. The topological polar surface area (TPSA) is 95.6 Å². The van der Waals surface area contributed by atoms with Crippen LogP contribution in [0.3, 0.4) is 0 Å². The molecule has 0 unspecified atom stereocenters. The second-order valence-electron chi connectivity index (χ2n) is 4.59. The van der Waals surface area contributed by atoms with Crippen molar-refractivity contribution >= 4 is 31.6 Å². The highest BCUT2D eigenvalue weighted by atomic mass is 32.2. The van der Waals surface area contributed by atoms with Gasteiger partial charge in [-0.3, -0.25) is 9.03 Å². The summed E-state index contributed by atoms with van der Waals surface area (Å²) >= 11 is 0. The first-order valence-electron chi connectivity index (χ1n) is 6.05. The summed E-state index contributed by atoms with van der Waals surface area (Å²) in [5.74, 6) is 0. The third-order valence-corrected chi connectivity index (χ3v) is 5.30. The molecule has 0 fully saturated rings. The number of nitrogens with zero attached hydrogens (tertiary/aromatic N) is 1. The van der Waals surface area contributed by atoms with Gasteiger partial charge in [0.15, 0.2) is 0 Å². The first-order chi connectivity index (χ1) is 9.23. The minimum absolute atomic E-state index is 0.327. The second kappa shape index (κ2) is 5.23. The summed E-state index contributed by atoms with van der Waals surface area (Å²) in [6.07, 6.45) is 2.68. The molecule has 0 aliphatic carbocycles. The van der Waals surface area contributed by atoms with E-state index in [4.69, 9.17) is 0 Å². The van der Waals surface area contributed by atoms with E-state index in [1.807, 2.05) is 0 Å². The number of fused-ring (bicyclic) bond motifs is 1. The lowest BCUT2D eigenvalue weighted by Crippen LogP contribution is -2.34. The SMILES string of the molecule is CNS(=O)(=O)Nc1ccc2c(c1)N(S(C)(=O)=O)CCC2. The molecule has 2 N–H and O–H groups in total. The molecule has 20 heavy (non-hydrogen) atoms. The van der Waals surface area contributed by atoms with Crippen molar-refractivity contribution in [3.63, 3.8) is 0 Å². The minimum Gasteiger partial charge on any atom is -0.271 e. The first-order valence-corrected chi connectivity index (χ1v) is 9.38. The van der Waals surface area contributed by atoms with Crippen molar-refractivity contribution in [2.45, 2.75) is 12.8 Å². The standard InChI is InChI=1S/C11H17N3O4S2/c1-12-20(17,18)13-10-6-5-9-4-3-7-14(11(9)8-10)19(2,15)16/h5-6,8,12-13H,3-4,7H2,1-2H3. The molecule has 1 aliphatic heterocycles. The van der Waals surface area contributed by atoms with Gasteiger partial charge in [0.2, 0.25) is 10.0 Å². The fourth-order valence-electron chi connectivity index (χ4n) is 2.16. The van der Waals surface area contributed by atoms with Gasteiger partial charge in [-0.25, -0.2) is 13.1 Å². The van der Waals surface area contributed by atoms with E-state index in [0.717, 1.165) is 24.7 Å². The quantitative estimate of drug-likeness (QED) is 0.833. The molecule has 2 rings (SSSR count). The molecular formula is C11H17N3O4S2. The predicted octanol–water partition coefficient (Wildman–Crippen LogP) is 0.275. The fourth-order valence-corrected chi connectivity index (χ4v) is 3.68. The van der Waals surface area contributed by atoms with Gasteiger partial charge in [-0.15, -0.1) is 0 Å². The Kier molecular flexibility index (Phi) is 3.94. The number of anilines is 2. The van der Waals surface area contributed by atoms with Crippen LogP contribution in [0.15, 0.2) is 18.2 Å². The molecule has 0 radical (unpaired) electrons. The number of benzene rings is 1. The summed E-state index contributed by atoms with van der Waals surface area (Å²) in [5, 5.41) is 0. The molecule has 0 bridgehead atoms. The van der Waals surface area contributed by atoms with Crippen LogP contribution in [0.5, 0.6) is 0 Å². The summed E-state index contributed by atoms with van der Waals surface area (Å²) in [6.45, 7) is 0.411. The van der Waals surface area contributed by atoms with E-state index < -0.39 is 20.2 Å². The molecule has 7 nitrogen and oxygen atoms in total. The van der Waals surface area contributed by atoms with Crippen LogP contribution >= 0.6 is 0 Å². The van der Waals surface area contributed by atoms with Gasteiger partial charge in [-0.1, -0.05) is 6.07 Å². The number of rotatable bonds is 4. The molecular weight excluding hydrogens is 302 g/mol. The molecule has 112 valence electrons. The predicted molar refractivity (Wildman–Crippen MR) is 78.6 cm³/mol. The summed E-state index contributed by atoms with van der Waals surface area (Å²) in [4.78, 5) is 0. The molecule has 1 aliphatic rings. The third-order valence-electron chi connectivity index (χ3n) is 3.08. The third kappa shape index (κ3) is 3.22. The largest absolute Gasteiger partial charge is 0.298 e. The summed E-state index contributed by atoms with van der Waals surface area (Å²) in [5.41, 5.74) is 1.76. The lowest BCUT2D eigenvalue weighted by Gasteiger charge is -2.29. The number of nitrogens with one attached hydrogen (secondary N) is 2. The van der Waals surface area contributed by atoms with E-state index in [0.29, 0.717) is 17.9 Å². The highest BCUT2D eigenvalue weighted by Crippen LogP contribution is 2.31. The number of hydrogen-bond acceptors (Lipinski definition) is 4. The lowest BCUT2D eigenvalue weighted by molar-refractivity contribution is 0.592. The highest BCUT2D eigenvalue weighted by molar-refractivity contribution is 7.92. The van der Waals surface area contributed by atoms with Crippen LogP contribution in [0.1, 0.15) is 12.0 Å². The van der Waals surface area contributed by atoms with E-state index in [1.165, 1.54) is 11.4 Å². The zero-order chi connectivity index (χ0) is 15.0. The highest BCUT2D eigenvalue weighted by Gasteiger charge is 2.24. The fraction of sp³-hybridized carbons (Fsp3) is 0.455. The molecule has 0 amide bonds. The van der Waals surface area contributed by atoms with Crippen LogP contribution in [0, 0.1) is 0 Å². The van der Waals surface area contributed by atoms with Crippen molar-refractivity contribution < 1.29 is 16.8 Å². The zero-order valence-electron chi connectivity index (χ0n) is 11.3. The van der Waals surface area contributed by atoms with E-state index in [-0.39, 0.29) is 0 Å². The van der Waals surface area contributed by atoms with Crippen LogP contribution in [0.2, 0.25) is 0 Å². The maximum atomic E-state index is 11.8. The molecule has 0 aromatic heterocycles. The van der Waals surface area contributed by atoms with Crippen molar-refractivity contribution in [2.24, 2.45) is 0 Å². The minimum atomic E-state index is -3.62. The summed E-state index contributed by atoms with van der Waals surface area (Å²) in [7, 11) is -5.69. The normalized spacial score (nSPS) is 15.8. The van der Waals surface area contributed by atoms with Crippen molar-refractivity contribution in [1.82, 2.24) is 4.72 Å². The summed E-state index contributed by atoms with van der Waals surface area (Å²) < 4.78 is 52.3. The zero-order valence-corrected chi connectivity index (χ0v) is 12.9. The van der Waals surface area contributed by atoms with Gasteiger partial charge in [-0.05, 0) is 30.5 Å². The lowest BCUT2D eigenvalue weighted by atomic mass is 10.0. The van der Waals surface area contributed by atoms with Gasteiger partial charge in [0, 0.05) is 13.6 Å². The van der Waals surface area contributed by atoms with Crippen LogP contribution < -0.4 is 13.7 Å². The van der Waals surface area contributed by atoms with Gasteiger partial charge in [0.25, 0.3) is 10.2 Å². The average molecular weight is 319 g/mol. The van der Waals surface area contributed by atoms with Gasteiger partial charge in [0.1, 0.15) is 0 Å². The number of aryl methyl sites for hydroxylation is 1. The van der Waals surface area contributed by atoms with Crippen LogP contribution in [-0.2, 0) is 26.7 Å². The number of hydrogen-bond donors (Lipinski definition) is 2. The second-order valence-corrected chi connectivity index (χ2v) is 8.12. The molecule has 1 aromatic rings. The van der Waals surface area contributed by atoms with Gasteiger partial charge < -0.3 is 0 Å². The smallest absolute Gasteiger partial charge is 0.271 e. The Morgan fingerprint density at radius 3 is 2.50 bits per heavy atom. The van der Waals surface area contributed by atoms with E-state index in [2.05, 4.69) is 9.44 Å². The monoisotopic (exact) mass is 319 g/mol. The Bertz CT molecular complexity index is 713. The Labute approximate surface area is 119 Å². The molecule has 1 aromatic carbocycles. The van der Waals surface area contributed by atoms with E-state index in [1.54, 1.807) is 18.2 Å². The van der Waals surface area contributed by atoms with Gasteiger partial charge in [0.05, 0.1) is 17.6 Å². The first kappa shape index (κ1) is 15.1. The van der Waals surface area contributed by atoms with Crippen LogP contribution in [0.25, 0.3) is 0 Å². The Balaban J connectivity index is 2.43. The Hall–Kier alpha value is -1.32. The Morgan fingerprint density at radius 1 is 1.20 bits per heavy atom. The van der Waals surface area contributed by atoms with E-state index in [9.17, 15) is 16.8 Å². The molecule has 0 spiro atoms. The van der Waals surface area contributed by atoms with Crippen molar-refractivity contribution in [1.29, 1.82) is 0 Å². The van der Waals surface area contributed by atoms with Crippen LogP contribution in [0.4, 0.5) is 11.4 Å². The molecule has 0 saturated carbocycles. The Morgan fingerprint density at radius 2 is 1.90 bits per heavy atom.